The molecule has 2 fully saturated rings. The van der Waals surface area contributed by atoms with Gasteiger partial charge in [0.2, 0.25) is 11.8 Å². The number of nitrogens with zero attached hydrogens (tertiary/aromatic N) is 1. The average molecular weight is 346 g/mol. The van der Waals surface area contributed by atoms with Gasteiger partial charge in [-0.05, 0) is 25.0 Å². The summed E-state index contributed by atoms with van der Waals surface area (Å²) in [6.07, 6.45) is 2.09. The van der Waals surface area contributed by atoms with Crippen molar-refractivity contribution in [3.05, 3.63) is 30.3 Å². The number of likely N-dealkylation sites (tertiary alicyclic amines) is 1. The van der Waals surface area contributed by atoms with Crippen molar-refractivity contribution in [2.45, 2.75) is 38.3 Å². The third-order valence-corrected chi connectivity index (χ3v) is 4.96. The Labute approximate surface area is 148 Å². The van der Waals surface area contributed by atoms with Crippen molar-refractivity contribution >= 4 is 11.8 Å². The summed E-state index contributed by atoms with van der Waals surface area (Å²) >= 11 is 0. The zero-order valence-corrected chi connectivity index (χ0v) is 14.6. The molecule has 1 N–H and O–H groups in total. The van der Waals surface area contributed by atoms with Gasteiger partial charge in [-0.1, -0.05) is 18.2 Å². The van der Waals surface area contributed by atoms with Crippen LogP contribution in [0.5, 0.6) is 5.75 Å². The lowest BCUT2D eigenvalue weighted by molar-refractivity contribution is -0.135. The number of benzene rings is 1. The fourth-order valence-corrected chi connectivity index (χ4v) is 3.42. The number of amides is 2. The highest BCUT2D eigenvalue weighted by molar-refractivity contribution is 5.80. The van der Waals surface area contributed by atoms with E-state index in [2.05, 4.69) is 5.32 Å². The van der Waals surface area contributed by atoms with Crippen LogP contribution in [-0.2, 0) is 14.3 Å². The number of piperidine rings is 1. The number of nitrogens with one attached hydrogen (secondary N) is 1. The topological polar surface area (TPSA) is 67.9 Å². The van der Waals surface area contributed by atoms with Crippen molar-refractivity contribution in [1.29, 1.82) is 0 Å². The minimum atomic E-state index is -0.146. The van der Waals surface area contributed by atoms with Crippen molar-refractivity contribution in [2.75, 3.05) is 26.3 Å². The summed E-state index contributed by atoms with van der Waals surface area (Å²) in [5, 5.41) is 3.11. The van der Waals surface area contributed by atoms with E-state index in [1.807, 2.05) is 30.3 Å². The standard InChI is InChI=1S/C19H26N2O4/c1-14(22)21-10-7-15(8-11-21)19(23)20-17-13-24-12-9-18(17)25-16-5-3-2-4-6-16/h2-6,15,17-18H,7-13H2,1H3,(H,20,23)/t17-,18+/m1/s1. The van der Waals surface area contributed by atoms with Gasteiger partial charge >= 0.3 is 0 Å². The van der Waals surface area contributed by atoms with E-state index in [0.717, 1.165) is 12.2 Å². The third kappa shape index (κ3) is 4.72. The summed E-state index contributed by atoms with van der Waals surface area (Å²) in [5.41, 5.74) is 0. The van der Waals surface area contributed by atoms with Crippen LogP contribution in [0.1, 0.15) is 26.2 Å². The Kier molecular flexibility index (Phi) is 5.91. The van der Waals surface area contributed by atoms with Crippen LogP contribution in [0.15, 0.2) is 30.3 Å². The smallest absolute Gasteiger partial charge is 0.223 e. The molecule has 1 aromatic rings. The maximum Gasteiger partial charge on any atom is 0.223 e. The normalized spacial score (nSPS) is 24.6. The van der Waals surface area contributed by atoms with Gasteiger partial charge in [0, 0.05) is 32.4 Å². The van der Waals surface area contributed by atoms with Crippen LogP contribution in [0.4, 0.5) is 0 Å². The van der Waals surface area contributed by atoms with Crippen molar-refractivity contribution in [3.8, 4) is 5.75 Å². The quantitative estimate of drug-likeness (QED) is 0.899. The largest absolute Gasteiger partial charge is 0.488 e. The van der Waals surface area contributed by atoms with Gasteiger partial charge in [0.05, 0.1) is 19.3 Å². The summed E-state index contributed by atoms with van der Waals surface area (Å²) < 4.78 is 11.6. The van der Waals surface area contributed by atoms with Crippen molar-refractivity contribution < 1.29 is 19.1 Å². The molecule has 2 aliphatic rings. The molecule has 1 aromatic carbocycles. The number of ether oxygens (including phenoxy) is 2. The molecule has 6 heteroatoms. The molecular weight excluding hydrogens is 320 g/mol. The lowest BCUT2D eigenvalue weighted by Gasteiger charge is -2.35. The maximum atomic E-state index is 12.6. The fraction of sp³-hybridized carbons (Fsp3) is 0.579. The summed E-state index contributed by atoms with van der Waals surface area (Å²) in [6, 6.07) is 9.52. The van der Waals surface area contributed by atoms with E-state index in [1.165, 1.54) is 0 Å². The number of para-hydroxylation sites is 1. The van der Waals surface area contributed by atoms with Gasteiger partial charge in [0.15, 0.2) is 0 Å². The van der Waals surface area contributed by atoms with Crippen LogP contribution < -0.4 is 10.1 Å². The van der Waals surface area contributed by atoms with Gasteiger partial charge in [-0.2, -0.15) is 0 Å². The first-order valence-electron chi connectivity index (χ1n) is 8.99. The van der Waals surface area contributed by atoms with Crippen molar-refractivity contribution in [2.24, 2.45) is 5.92 Å². The average Bonchev–Trinajstić information content (AvgIpc) is 2.64. The second kappa shape index (κ2) is 8.34. The van der Waals surface area contributed by atoms with E-state index >= 15 is 0 Å². The van der Waals surface area contributed by atoms with Crippen molar-refractivity contribution in [3.63, 3.8) is 0 Å². The first-order valence-corrected chi connectivity index (χ1v) is 8.99. The monoisotopic (exact) mass is 346 g/mol. The van der Waals surface area contributed by atoms with Gasteiger partial charge in [-0.15, -0.1) is 0 Å². The molecule has 0 unspecified atom stereocenters. The third-order valence-electron chi connectivity index (χ3n) is 4.96. The molecule has 3 rings (SSSR count). The minimum Gasteiger partial charge on any atom is -0.488 e. The number of hydrogen-bond acceptors (Lipinski definition) is 4. The Morgan fingerprint density at radius 2 is 1.88 bits per heavy atom. The number of carbonyl (C=O) groups is 2. The summed E-state index contributed by atoms with van der Waals surface area (Å²) in [4.78, 5) is 25.8. The zero-order chi connectivity index (χ0) is 17.6. The maximum absolute atomic E-state index is 12.6. The number of carbonyl (C=O) groups excluding carboxylic acids is 2. The highest BCUT2D eigenvalue weighted by Crippen LogP contribution is 2.21. The molecule has 2 heterocycles. The molecule has 25 heavy (non-hydrogen) atoms. The number of hydrogen-bond donors (Lipinski definition) is 1. The molecule has 0 bridgehead atoms. The Morgan fingerprint density at radius 1 is 1.16 bits per heavy atom. The van der Waals surface area contributed by atoms with E-state index in [-0.39, 0.29) is 29.9 Å². The van der Waals surface area contributed by atoms with Gasteiger partial charge in [-0.25, -0.2) is 0 Å². The Bertz CT molecular complexity index is 584. The van der Waals surface area contributed by atoms with Gasteiger partial charge in [0.25, 0.3) is 0 Å². The van der Waals surface area contributed by atoms with E-state index in [9.17, 15) is 9.59 Å². The molecule has 136 valence electrons. The van der Waals surface area contributed by atoms with Crippen LogP contribution in [0.25, 0.3) is 0 Å². The van der Waals surface area contributed by atoms with Crippen LogP contribution in [0, 0.1) is 5.92 Å². The molecule has 0 aliphatic carbocycles. The minimum absolute atomic E-state index is 0.0420. The van der Waals surface area contributed by atoms with Crippen molar-refractivity contribution in [1.82, 2.24) is 10.2 Å². The lowest BCUT2D eigenvalue weighted by atomic mass is 9.95. The highest BCUT2D eigenvalue weighted by Gasteiger charge is 2.32. The molecule has 2 saturated heterocycles. The number of rotatable bonds is 4. The summed E-state index contributed by atoms with van der Waals surface area (Å²) in [5.74, 6) is 0.884. The van der Waals surface area contributed by atoms with E-state index in [4.69, 9.17) is 9.47 Å². The predicted octanol–water partition coefficient (Wildman–Crippen LogP) is 1.60. The molecule has 6 nitrogen and oxygen atoms in total. The van der Waals surface area contributed by atoms with Crippen LogP contribution in [-0.4, -0.2) is 55.2 Å². The Morgan fingerprint density at radius 3 is 2.56 bits per heavy atom. The molecular formula is C19H26N2O4. The van der Waals surface area contributed by atoms with Gasteiger partial charge in [-0.3, -0.25) is 9.59 Å². The lowest BCUT2D eigenvalue weighted by Crippen LogP contribution is -2.54. The van der Waals surface area contributed by atoms with Gasteiger partial charge in [0.1, 0.15) is 11.9 Å². The van der Waals surface area contributed by atoms with E-state index < -0.39 is 0 Å². The van der Waals surface area contributed by atoms with Gasteiger partial charge < -0.3 is 19.7 Å². The summed E-state index contributed by atoms with van der Waals surface area (Å²) in [6.45, 7) is 3.98. The molecule has 0 aromatic heterocycles. The van der Waals surface area contributed by atoms with E-state index in [1.54, 1.807) is 11.8 Å². The molecule has 2 amide bonds. The van der Waals surface area contributed by atoms with Crippen LogP contribution in [0.3, 0.4) is 0 Å². The first-order chi connectivity index (χ1) is 12.1. The van der Waals surface area contributed by atoms with Crippen LogP contribution >= 0.6 is 0 Å². The second-order valence-corrected chi connectivity index (χ2v) is 6.73. The van der Waals surface area contributed by atoms with E-state index in [0.29, 0.717) is 39.1 Å². The Balaban J connectivity index is 1.54. The molecule has 0 spiro atoms. The molecule has 0 radical (unpaired) electrons. The fourth-order valence-electron chi connectivity index (χ4n) is 3.42. The Hall–Kier alpha value is -2.08. The second-order valence-electron chi connectivity index (χ2n) is 6.73. The summed E-state index contributed by atoms with van der Waals surface area (Å²) in [7, 11) is 0. The SMILES string of the molecule is CC(=O)N1CCC(C(=O)N[C@@H]2COCC[C@@H]2Oc2ccccc2)CC1. The molecule has 2 aliphatic heterocycles. The van der Waals surface area contributed by atoms with Crippen LogP contribution in [0.2, 0.25) is 0 Å². The highest BCUT2D eigenvalue weighted by atomic mass is 16.5. The molecule has 0 saturated carbocycles. The first kappa shape index (κ1) is 17.7. The predicted molar refractivity (Wildman–Crippen MR) is 93.2 cm³/mol. The molecule has 2 atom stereocenters. The zero-order valence-electron chi connectivity index (χ0n) is 14.6.